The van der Waals surface area contributed by atoms with Crippen molar-refractivity contribution in [3.8, 4) is 0 Å². The van der Waals surface area contributed by atoms with Crippen molar-refractivity contribution in [2.75, 3.05) is 5.32 Å². The maximum atomic E-state index is 11.8. The van der Waals surface area contributed by atoms with E-state index in [1.54, 1.807) is 0 Å². The van der Waals surface area contributed by atoms with Crippen LogP contribution in [0.25, 0.3) is 0 Å². The summed E-state index contributed by atoms with van der Waals surface area (Å²) in [7, 11) is 0. The van der Waals surface area contributed by atoms with Gasteiger partial charge < -0.3 is 10.3 Å². The summed E-state index contributed by atoms with van der Waals surface area (Å²) in [5.41, 5.74) is 0.747. The zero-order valence-electron chi connectivity index (χ0n) is 9.62. The summed E-state index contributed by atoms with van der Waals surface area (Å²) in [6.45, 7) is 0. The number of amides is 1. The van der Waals surface area contributed by atoms with Gasteiger partial charge in [0.1, 0.15) is 5.69 Å². The number of aldehydes is 1. The zero-order chi connectivity index (χ0) is 13.8. The molecule has 0 aliphatic heterocycles. The van der Waals surface area contributed by atoms with Crippen LogP contribution in [-0.4, -0.2) is 22.1 Å². The number of aromatic nitrogens is 1. The lowest BCUT2D eigenvalue weighted by molar-refractivity contribution is -0.384. The second-order valence-corrected chi connectivity index (χ2v) is 3.73. The van der Waals surface area contributed by atoms with Gasteiger partial charge in [-0.15, -0.1) is 0 Å². The third kappa shape index (κ3) is 2.83. The summed E-state index contributed by atoms with van der Waals surface area (Å²) in [5.74, 6) is -0.478. The van der Waals surface area contributed by atoms with Gasteiger partial charge in [-0.1, -0.05) is 6.07 Å². The van der Waals surface area contributed by atoms with Crippen molar-refractivity contribution in [1.29, 1.82) is 0 Å². The Morgan fingerprint density at radius 2 is 2.16 bits per heavy atom. The van der Waals surface area contributed by atoms with Gasteiger partial charge >= 0.3 is 0 Å². The van der Waals surface area contributed by atoms with Crippen LogP contribution >= 0.6 is 0 Å². The van der Waals surface area contributed by atoms with Crippen molar-refractivity contribution in [3.63, 3.8) is 0 Å². The van der Waals surface area contributed by atoms with Crippen molar-refractivity contribution in [3.05, 3.63) is 57.9 Å². The second-order valence-electron chi connectivity index (χ2n) is 3.73. The molecule has 0 unspecified atom stereocenters. The summed E-state index contributed by atoms with van der Waals surface area (Å²) in [4.78, 5) is 35.0. The first-order chi connectivity index (χ1) is 9.10. The molecule has 7 heteroatoms. The fourth-order valence-corrected chi connectivity index (χ4v) is 1.51. The molecule has 1 aromatic carbocycles. The number of aromatic amines is 1. The van der Waals surface area contributed by atoms with Crippen molar-refractivity contribution in [2.24, 2.45) is 0 Å². The molecule has 1 amide bonds. The number of non-ortho nitro benzene ring substituents is 1. The molecule has 1 heterocycles. The minimum absolute atomic E-state index is 0.113. The Balaban J connectivity index is 2.16. The highest BCUT2D eigenvalue weighted by molar-refractivity contribution is 6.04. The minimum atomic E-state index is -0.547. The number of rotatable bonds is 4. The van der Waals surface area contributed by atoms with Gasteiger partial charge in [0.25, 0.3) is 11.6 Å². The topological polar surface area (TPSA) is 105 Å². The number of anilines is 1. The SMILES string of the molecule is O=Cc1c[nH]c(C(=O)Nc2cccc([N+](=O)[O-])c2)c1. The molecule has 0 aliphatic carbocycles. The Morgan fingerprint density at radius 3 is 2.79 bits per heavy atom. The van der Waals surface area contributed by atoms with Gasteiger partial charge in [-0.05, 0) is 12.1 Å². The fraction of sp³-hybridized carbons (Fsp3) is 0. The number of hydrogen-bond donors (Lipinski definition) is 2. The Kier molecular flexibility index (Phi) is 3.37. The van der Waals surface area contributed by atoms with Gasteiger partial charge in [-0.2, -0.15) is 0 Å². The van der Waals surface area contributed by atoms with Gasteiger partial charge in [0.2, 0.25) is 0 Å². The predicted octanol–water partition coefficient (Wildman–Crippen LogP) is 1.99. The molecule has 2 rings (SSSR count). The van der Waals surface area contributed by atoms with Crippen molar-refractivity contribution >= 4 is 23.6 Å². The molecule has 19 heavy (non-hydrogen) atoms. The first-order valence-corrected chi connectivity index (χ1v) is 5.29. The second kappa shape index (κ2) is 5.13. The van der Waals surface area contributed by atoms with E-state index < -0.39 is 10.8 Å². The standard InChI is InChI=1S/C12H9N3O4/c16-7-8-4-11(13-6-8)12(17)14-9-2-1-3-10(5-9)15(18)19/h1-7,13H,(H,14,17). The number of nitro groups is 1. The van der Waals surface area contributed by atoms with Crippen LogP contribution in [0.1, 0.15) is 20.8 Å². The first-order valence-electron chi connectivity index (χ1n) is 5.29. The van der Waals surface area contributed by atoms with Crippen LogP contribution in [0, 0.1) is 10.1 Å². The summed E-state index contributed by atoms with van der Waals surface area (Å²) >= 11 is 0. The quantitative estimate of drug-likeness (QED) is 0.497. The number of benzene rings is 1. The number of H-pyrrole nitrogens is 1. The van der Waals surface area contributed by atoms with E-state index in [0.717, 1.165) is 0 Å². The molecule has 7 nitrogen and oxygen atoms in total. The average Bonchev–Trinajstić information content (AvgIpc) is 2.88. The molecule has 0 radical (unpaired) electrons. The molecular formula is C12H9N3O4. The molecule has 2 aromatic rings. The largest absolute Gasteiger partial charge is 0.356 e. The third-order valence-electron chi connectivity index (χ3n) is 2.40. The average molecular weight is 259 g/mol. The number of nitrogens with one attached hydrogen (secondary N) is 2. The van der Waals surface area contributed by atoms with E-state index in [0.29, 0.717) is 17.5 Å². The Labute approximate surface area is 107 Å². The Bertz CT molecular complexity index is 648. The molecule has 0 saturated heterocycles. The van der Waals surface area contributed by atoms with E-state index in [2.05, 4.69) is 10.3 Å². The molecule has 0 saturated carbocycles. The summed E-state index contributed by atoms with van der Waals surface area (Å²) in [6.07, 6.45) is 2.01. The van der Waals surface area contributed by atoms with E-state index >= 15 is 0 Å². The Hall–Kier alpha value is -2.96. The summed E-state index contributed by atoms with van der Waals surface area (Å²) in [5, 5.41) is 13.1. The highest BCUT2D eigenvalue weighted by Crippen LogP contribution is 2.17. The zero-order valence-corrected chi connectivity index (χ0v) is 9.62. The van der Waals surface area contributed by atoms with E-state index in [1.807, 2.05) is 0 Å². The van der Waals surface area contributed by atoms with Crippen LogP contribution in [0.15, 0.2) is 36.5 Å². The number of hydrogen-bond acceptors (Lipinski definition) is 4. The van der Waals surface area contributed by atoms with Crippen molar-refractivity contribution in [2.45, 2.75) is 0 Å². The van der Waals surface area contributed by atoms with Gasteiger partial charge in [0.05, 0.1) is 4.92 Å². The van der Waals surface area contributed by atoms with Crippen LogP contribution in [0.3, 0.4) is 0 Å². The molecule has 96 valence electrons. The molecule has 0 atom stereocenters. The molecule has 0 fully saturated rings. The van der Waals surface area contributed by atoms with E-state index in [1.165, 1.54) is 36.5 Å². The molecule has 1 aromatic heterocycles. The van der Waals surface area contributed by atoms with Gasteiger partial charge in [0, 0.05) is 29.6 Å². The predicted molar refractivity (Wildman–Crippen MR) is 67.2 cm³/mol. The first kappa shape index (κ1) is 12.5. The smallest absolute Gasteiger partial charge is 0.272 e. The molecular weight excluding hydrogens is 250 g/mol. The number of nitro benzene ring substituents is 1. The van der Waals surface area contributed by atoms with Crippen LogP contribution in [0.5, 0.6) is 0 Å². The minimum Gasteiger partial charge on any atom is -0.356 e. The Morgan fingerprint density at radius 1 is 1.37 bits per heavy atom. The maximum Gasteiger partial charge on any atom is 0.272 e. The number of carbonyl (C=O) groups is 2. The van der Waals surface area contributed by atoms with Crippen molar-refractivity contribution < 1.29 is 14.5 Å². The monoisotopic (exact) mass is 259 g/mol. The van der Waals surface area contributed by atoms with Gasteiger partial charge in [0.15, 0.2) is 6.29 Å². The number of nitrogens with zero attached hydrogens (tertiary/aromatic N) is 1. The third-order valence-corrected chi connectivity index (χ3v) is 2.40. The lowest BCUT2D eigenvalue weighted by Gasteiger charge is -2.03. The molecule has 0 spiro atoms. The fourth-order valence-electron chi connectivity index (χ4n) is 1.51. The highest BCUT2D eigenvalue weighted by Gasteiger charge is 2.11. The van der Waals surface area contributed by atoms with Gasteiger partial charge in [-0.3, -0.25) is 19.7 Å². The summed E-state index contributed by atoms with van der Waals surface area (Å²) < 4.78 is 0. The molecule has 0 bridgehead atoms. The normalized spacial score (nSPS) is 9.89. The molecule has 0 aliphatic rings. The van der Waals surface area contributed by atoms with Crippen LogP contribution in [0.2, 0.25) is 0 Å². The van der Waals surface area contributed by atoms with Crippen LogP contribution in [-0.2, 0) is 0 Å². The lowest BCUT2D eigenvalue weighted by Crippen LogP contribution is -2.12. The van der Waals surface area contributed by atoms with Crippen LogP contribution in [0.4, 0.5) is 11.4 Å². The lowest BCUT2D eigenvalue weighted by atomic mass is 10.2. The van der Waals surface area contributed by atoms with Gasteiger partial charge in [-0.25, -0.2) is 0 Å². The van der Waals surface area contributed by atoms with E-state index in [4.69, 9.17) is 0 Å². The van der Waals surface area contributed by atoms with E-state index in [9.17, 15) is 19.7 Å². The summed E-state index contributed by atoms with van der Waals surface area (Å²) in [6, 6.07) is 6.98. The van der Waals surface area contributed by atoms with Crippen LogP contribution < -0.4 is 5.32 Å². The van der Waals surface area contributed by atoms with E-state index in [-0.39, 0.29) is 11.4 Å². The maximum absolute atomic E-state index is 11.8. The van der Waals surface area contributed by atoms with Crippen molar-refractivity contribution in [1.82, 2.24) is 4.98 Å². The highest BCUT2D eigenvalue weighted by atomic mass is 16.6. The number of carbonyl (C=O) groups excluding carboxylic acids is 2. The molecule has 2 N–H and O–H groups in total.